The van der Waals surface area contributed by atoms with Crippen molar-refractivity contribution in [3.05, 3.63) is 24.3 Å². The van der Waals surface area contributed by atoms with Gasteiger partial charge in [-0.25, -0.2) is 0 Å². The fourth-order valence-electron chi connectivity index (χ4n) is 2.00. The van der Waals surface area contributed by atoms with Crippen LogP contribution in [-0.2, 0) is 19.8 Å². The third-order valence-electron chi connectivity index (χ3n) is 3.10. The highest BCUT2D eigenvalue weighted by atomic mass is 32.3. The molecule has 1 saturated heterocycles. The molecule has 1 unspecified atom stereocenters. The highest BCUT2D eigenvalue weighted by molar-refractivity contribution is 7.86. The van der Waals surface area contributed by atoms with E-state index in [0.29, 0.717) is 13.0 Å². The molecule has 0 aromatic heterocycles. The Bertz CT molecular complexity index is 594. The molecular formula is C12H14FNO4S. The molecule has 0 saturated carbocycles. The van der Waals surface area contributed by atoms with E-state index in [4.69, 9.17) is 4.74 Å². The zero-order chi connectivity index (χ0) is 14.1. The van der Waals surface area contributed by atoms with Crippen LogP contribution in [0.15, 0.2) is 29.2 Å². The Kier molecular flexibility index (Phi) is 3.60. The average molecular weight is 287 g/mol. The number of hydrogen-bond donors (Lipinski definition) is 1. The molecule has 1 fully saturated rings. The average Bonchev–Trinajstić information content (AvgIpc) is 2.77. The Morgan fingerprint density at radius 3 is 2.68 bits per heavy atom. The number of carbonyl (C=O) groups excluding carboxylic acids is 1. The van der Waals surface area contributed by atoms with E-state index in [1.807, 2.05) is 0 Å². The molecule has 104 valence electrons. The maximum atomic E-state index is 13.1. The van der Waals surface area contributed by atoms with Crippen molar-refractivity contribution in [2.24, 2.45) is 0 Å². The zero-order valence-corrected chi connectivity index (χ0v) is 11.2. The summed E-state index contributed by atoms with van der Waals surface area (Å²) in [5.74, 6) is -0.471. The third kappa shape index (κ3) is 2.93. The molecule has 1 amide bonds. The van der Waals surface area contributed by atoms with Crippen LogP contribution in [0, 0.1) is 0 Å². The lowest BCUT2D eigenvalue weighted by Crippen LogP contribution is -2.39. The minimum absolute atomic E-state index is 0.0771. The maximum Gasteiger partial charge on any atom is 0.334 e. The van der Waals surface area contributed by atoms with Gasteiger partial charge in [0, 0.05) is 6.61 Å². The molecule has 19 heavy (non-hydrogen) atoms. The van der Waals surface area contributed by atoms with Gasteiger partial charge in [-0.15, -0.1) is 3.89 Å². The molecule has 1 aliphatic heterocycles. The van der Waals surface area contributed by atoms with Crippen molar-refractivity contribution in [2.45, 2.75) is 30.3 Å². The fraction of sp³-hybridized carbons (Fsp3) is 0.417. The second-order valence-electron chi connectivity index (χ2n) is 4.57. The first kappa shape index (κ1) is 14.0. The van der Waals surface area contributed by atoms with Crippen LogP contribution in [0.5, 0.6) is 0 Å². The normalized spacial score (nSPS) is 23.3. The Morgan fingerprint density at radius 1 is 1.42 bits per heavy atom. The molecule has 1 N–H and O–H groups in total. The van der Waals surface area contributed by atoms with Crippen LogP contribution in [0.2, 0.25) is 0 Å². The van der Waals surface area contributed by atoms with E-state index < -0.39 is 26.6 Å². The minimum atomic E-state index is -4.88. The van der Waals surface area contributed by atoms with Gasteiger partial charge in [-0.1, -0.05) is 12.1 Å². The zero-order valence-electron chi connectivity index (χ0n) is 10.3. The summed E-state index contributed by atoms with van der Waals surface area (Å²) in [4.78, 5) is 11.5. The smallest absolute Gasteiger partial charge is 0.334 e. The van der Waals surface area contributed by atoms with Crippen LogP contribution in [0.4, 0.5) is 9.57 Å². The molecule has 0 aliphatic carbocycles. The van der Waals surface area contributed by atoms with Crippen LogP contribution in [-0.4, -0.2) is 26.5 Å². The number of ether oxygens (including phenoxy) is 1. The predicted octanol–water partition coefficient (Wildman–Crippen LogP) is 1.85. The number of anilines is 1. The van der Waals surface area contributed by atoms with Crippen LogP contribution in [0.1, 0.15) is 19.8 Å². The molecule has 1 heterocycles. The molecule has 1 aliphatic rings. The lowest BCUT2D eigenvalue weighted by molar-refractivity contribution is -0.133. The monoisotopic (exact) mass is 287 g/mol. The van der Waals surface area contributed by atoms with Crippen LogP contribution < -0.4 is 5.32 Å². The van der Waals surface area contributed by atoms with Gasteiger partial charge in [0.2, 0.25) is 0 Å². The van der Waals surface area contributed by atoms with Crippen LogP contribution >= 0.6 is 0 Å². The Balaban J connectivity index is 2.27. The molecule has 5 nitrogen and oxygen atoms in total. The summed E-state index contributed by atoms with van der Waals surface area (Å²) in [6.07, 6.45) is 1.30. The molecule has 1 aromatic carbocycles. The van der Waals surface area contributed by atoms with E-state index in [9.17, 15) is 17.1 Å². The van der Waals surface area contributed by atoms with Crippen molar-refractivity contribution in [1.82, 2.24) is 0 Å². The summed E-state index contributed by atoms with van der Waals surface area (Å²) < 4.78 is 40.4. The molecule has 0 spiro atoms. The van der Waals surface area contributed by atoms with E-state index in [0.717, 1.165) is 12.5 Å². The number of benzene rings is 1. The first-order valence-corrected chi connectivity index (χ1v) is 7.20. The quantitative estimate of drug-likeness (QED) is 0.861. The number of amides is 1. The summed E-state index contributed by atoms with van der Waals surface area (Å²) in [6, 6.07) is 5.34. The predicted molar refractivity (Wildman–Crippen MR) is 67.0 cm³/mol. The van der Waals surface area contributed by atoms with Crippen molar-refractivity contribution < 1.29 is 21.8 Å². The van der Waals surface area contributed by atoms with Gasteiger partial charge in [-0.3, -0.25) is 4.79 Å². The lowest BCUT2D eigenvalue weighted by Gasteiger charge is -2.22. The van der Waals surface area contributed by atoms with Crippen LogP contribution in [0.25, 0.3) is 0 Å². The second-order valence-corrected chi connectivity index (χ2v) is 5.89. The number of carbonyl (C=O) groups is 1. The summed E-state index contributed by atoms with van der Waals surface area (Å²) >= 11 is 0. The standard InChI is InChI=1S/C12H14FNO4S/c1-12(7-4-8-18-12)11(15)14-9-5-2-3-6-10(9)19(13,16)17/h2-3,5-6H,4,7-8H2,1H3,(H,14,15). The topological polar surface area (TPSA) is 72.5 Å². The Hall–Kier alpha value is -1.47. The molecule has 0 radical (unpaired) electrons. The van der Waals surface area contributed by atoms with Gasteiger partial charge in [0.25, 0.3) is 5.91 Å². The molecule has 1 atom stereocenters. The van der Waals surface area contributed by atoms with Gasteiger partial charge >= 0.3 is 10.2 Å². The first-order valence-electron chi connectivity index (χ1n) is 5.82. The van der Waals surface area contributed by atoms with E-state index in [-0.39, 0.29) is 5.69 Å². The van der Waals surface area contributed by atoms with Gasteiger partial charge in [-0.05, 0) is 31.9 Å². The largest absolute Gasteiger partial charge is 0.365 e. The number of nitrogens with one attached hydrogen (secondary N) is 1. The number of rotatable bonds is 3. The van der Waals surface area contributed by atoms with Gasteiger partial charge in [-0.2, -0.15) is 8.42 Å². The number of hydrogen-bond acceptors (Lipinski definition) is 4. The number of para-hydroxylation sites is 1. The van der Waals surface area contributed by atoms with Crippen molar-refractivity contribution in [3.63, 3.8) is 0 Å². The maximum absolute atomic E-state index is 13.1. The lowest BCUT2D eigenvalue weighted by atomic mass is 10.0. The van der Waals surface area contributed by atoms with E-state index in [1.54, 1.807) is 6.92 Å². The van der Waals surface area contributed by atoms with Crippen molar-refractivity contribution in [3.8, 4) is 0 Å². The van der Waals surface area contributed by atoms with Gasteiger partial charge < -0.3 is 10.1 Å². The van der Waals surface area contributed by atoms with Gasteiger partial charge in [0.1, 0.15) is 10.5 Å². The second kappa shape index (κ2) is 4.90. The summed E-state index contributed by atoms with van der Waals surface area (Å²) in [6.45, 7) is 2.11. The first-order chi connectivity index (χ1) is 8.83. The molecule has 1 aromatic rings. The SMILES string of the molecule is CC1(C(=O)Nc2ccccc2S(=O)(=O)F)CCCO1. The molecule has 7 heteroatoms. The van der Waals surface area contributed by atoms with Crippen molar-refractivity contribution in [2.75, 3.05) is 11.9 Å². The molecular weight excluding hydrogens is 273 g/mol. The van der Waals surface area contributed by atoms with E-state index >= 15 is 0 Å². The number of halogens is 1. The van der Waals surface area contributed by atoms with Gasteiger partial charge in [0.05, 0.1) is 5.69 Å². The molecule has 2 rings (SSSR count). The third-order valence-corrected chi connectivity index (χ3v) is 3.98. The van der Waals surface area contributed by atoms with Crippen LogP contribution in [0.3, 0.4) is 0 Å². The Morgan fingerprint density at radius 2 is 2.11 bits per heavy atom. The van der Waals surface area contributed by atoms with Crippen molar-refractivity contribution >= 4 is 21.8 Å². The highest BCUT2D eigenvalue weighted by Gasteiger charge is 2.38. The summed E-state index contributed by atoms with van der Waals surface area (Å²) in [7, 11) is -4.88. The van der Waals surface area contributed by atoms with Gasteiger partial charge in [0.15, 0.2) is 0 Å². The van der Waals surface area contributed by atoms with E-state index in [1.165, 1.54) is 18.2 Å². The Labute approximate surface area is 111 Å². The highest BCUT2D eigenvalue weighted by Crippen LogP contribution is 2.29. The fourth-order valence-corrected chi connectivity index (χ4v) is 2.62. The summed E-state index contributed by atoms with van der Waals surface area (Å²) in [5.41, 5.74) is -1.07. The minimum Gasteiger partial charge on any atom is -0.365 e. The summed E-state index contributed by atoms with van der Waals surface area (Å²) in [5, 5.41) is 2.42. The van der Waals surface area contributed by atoms with E-state index in [2.05, 4.69) is 5.32 Å². The van der Waals surface area contributed by atoms with Crippen molar-refractivity contribution in [1.29, 1.82) is 0 Å². The molecule has 0 bridgehead atoms.